The molecule has 0 N–H and O–H groups in total. The maximum Gasteiger partial charge on any atom is 0.297 e. The van der Waals surface area contributed by atoms with Gasteiger partial charge in [0.1, 0.15) is 6.08 Å². The lowest BCUT2D eigenvalue weighted by Gasteiger charge is -2.16. The summed E-state index contributed by atoms with van der Waals surface area (Å²) in [4.78, 5) is -0.320. The highest BCUT2D eigenvalue weighted by Gasteiger charge is 2.33. The fourth-order valence-electron chi connectivity index (χ4n) is 1.34. The molecule has 0 aromatic heterocycles. The fourth-order valence-corrected chi connectivity index (χ4v) is 2.10. The Bertz CT molecular complexity index is 732. The van der Waals surface area contributed by atoms with Crippen molar-refractivity contribution in [1.29, 1.82) is 0 Å². The highest BCUT2D eigenvalue weighted by atomic mass is 32.2. The third kappa shape index (κ3) is 3.76. The number of ether oxygens (including phenoxy) is 2. The molecule has 106 valence electrons. The van der Waals surface area contributed by atoms with Gasteiger partial charge in [-0.05, 0) is 32.9 Å². The van der Waals surface area contributed by atoms with Crippen LogP contribution in [0.1, 0.15) is 26.3 Å². The molecule has 1 heterocycles. The molecule has 1 aliphatic heterocycles. The van der Waals surface area contributed by atoms with Crippen LogP contribution in [0, 0.1) is 6.92 Å². The van der Waals surface area contributed by atoms with Gasteiger partial charge < -0.3 is 9.47 Å². The Labute approximate surface area is 120 Å². The monoisotopic (exact) mass is 291 g/mol. The van der Waals surface area contributed by atoms with Gasteiger partial charge in [-0.15, -0.1) is 0 Å². The Morgan fingerprint density at radius 2 is 2.16 bits per heavy atom. The first-order valence-corrected chi connectivity index (χ1v) is 6.95. The Balaban J connectivity index is 2.38. The van der Waals surface area contributed by atoms with E-state index in [2.05, 4.69) is 4.18 Å². The topological polar surface area (TPSA) is 61.8 Å². The summed E-state index contributed by atoms with van der Waals surface area (Å²) in [6.45, 7) is -1.98. The van der Waals surface area contributed by atoms with Crippen LogP contribution in [0.5, 0.6) is 0 Å². The Hall–Kier alpha value is -0.950. The zero-order valence-corrected chi connectivity index (χ0v) is 11.6. The smallest absolute Gasteiger partial charge is 0.297 e. The van der Waals surface area contributed by atoms with Gasteiger partial charge in [0.2, 0.25) is 0 Å². The molecule has 0 bridgehead atoms. The standard InChI is InChI=1S/C13H18O5S/c1-10-4-6-12(7-5-10)19(14,15)17-9-11-8-16-13(2,3)18-11/h4-7,11H,8-9H2,1-3H3/i8D2,9D2,11D. The molecule has 6 heteroatoms. The van der Waals surface area contributed by atoms with Gasteiger partial charge in [-0.3, -0.25) is 4.18 Å². The number of rotatable bonds is 4. The summed E-state index contributed by atoms with van der Waals surface area (Å²) in [5, 5.41) is 0. The third-order valence-electron chi connectivity index (χ3n) is 2.29. The summed E-state index contributed by atoms with van der Waals surface area (Å²) in [5.41, 5.74) is 0.791. The normalized spacial score (nSPS) is 33.7. The van der Waals surface area contributed by atoms with E-state index in [0.717, 1.165) is 5.56 Å². The molecular weight excluding hydrogens is 268 g/mol. The van der Waals surface area contributed by atoms with Gasteiger partial charge >= 0.3 is 0 Å². The second-order valence-electron chi connectivity index (χ2n) is 4.49. The first-order chi connectivity index (χ1) is 10.6. The van der Waals surface area contributed by atoms with E-state index in [-0.39, 0.29) is 4.90 Å². The average molecular weight is 291 g/mol. The van der Waals surface area contributed by atoms with Crippen LogP contribution in [0.4, 0.5) is 0 Å². The molecule has 1 fully saturated rings. The van der Waals surface area contributed by atoms with E-state index in [1.165, 1.54) is 38.1 Å². The van der Waals surface area contributed by atoms with Crippen LogP contribution in [0.15, 0.2) is 29.2 Å². The fraction of sp³-hybridized carbons (Fsp3) is 0.538. The third-order valence-corrected chi connectivity index (χ3v) is 3.44. The van der Waals surface area contributed by atoms with Crippen molar-refractivity contribution in [3.63, 3.8) is 0 Å². The van der Waals surface area contributed by atoms with Crippen molar-refractivity contribution < 1.29 is 28.9 Å². The van der Waals surface area contributed by atoms with Crippen molar-refractivity contribution in [3.8, 4) is 0 Å². The second kappa shape index (κ2) is 5.20. The van der Waals surface area contributed by atoms with E-state index in [0.29, 0.717) is 0 Å². The largest absolute Gasteiger partial charge is 0.348 e. The number of benzene rings is 1. The summed E-state index contributed by atoms with van der Waals surface area (Å²) in [7, 11) is -4.59. The van der Waals surface area contributed by atoms with E-state index in [4.69, 9.17) is 16.3 Å². The van der Waals surface area contributed by atoms with Crippen molar-refractivity contribution in [3.05, 3.63) is 29.8 Å². The number of aryl methyl sites for hydroxylation is 1. The molecule has 1 atom stereocenters. The van der Waals surface area contributed by atoms with Crippen molar-refractivity contribution in [2.24, 2.45) is 0 Å². The van der Waals surface area contributed by atoms with Crippen LogP contribution in [-0.2, 0) is 23.8 Å². The highest BCUT2D eigenvalue weighted by molar-refractivity contribution is 7.86. The van der Waals surface area contributed by atoms with Crippen molar-refractivity contribution in [1.82, 2.24) is 0 Å². The Kier molecular flexibility index (Phi) is 2.48. The molecule has 1 unspecified atom stereocenters. The molecule has 19 heavy (non-hydrogen) atoms. The zero-order valence-electron chi connectivity index (χ0n) is 15.8. The lowest BCUT2D eigenvalue weighted by Crippen LogP contribution is -2.25. The molecule has 0 spiro atoms. The summed E-state index contributed by atoms with van der Waals surface area (Å²) >= 11 is 0. The molecular formula is C13H18O5S. The molecule has 0 saturated carbocycles. The molecule has 1 aliphatic rings. The Morgan fingerprint density at radius 3 is 2.68 bits per heavy atom. The van der Waals surface area contributed by atoms with Gasteiger partial charge in [0.15, 0.2) is 5.79 Å². The van der Waals surface area contributed by atoms with Crippen LogP contribution < -0.4 is 0 Å². The maximum atomic E-state index is 12.3. The molecule has 1 saturated heterocycles. The SMILES string of the molecule is [2H]C1([2H])OC(C)(C)OC1([2H])C([2H])([2H])OS(=O)(=O)c1ccc(C)cc1. The molecule has 1 aromatic rings. The second-order valence-corrected chi connectivity index (χ2v) is 6.03. The molecule has 1 aromatic carbocycles. The lowest BCUT2D eigenvalue weighted by molar-refractivity contribution is -0.141. The minimum absolute atomic E-state index is 0.320. The summed E-state index contributed by atoms with van der Waals surface area (Å²) in [6, 6.07) is 5.45. The van der Waals surface area contributed by atoms with E-state index in [1.807, 2.05) is 0 Å². The van der Waals surface area contributed by atoms with Gasteiger partial charge in [-0.2, -0.15) is 8.42 Å². The van der Waals surface area contributed by atoms with E-state index in [1.54, 1.807) is 6.92 Å². The summed E-state index contributed by atoms with van der Waals surface area (Å²) in [5.74, 6) is -1.63. The van der Waals surface area contributed by atoms with Gasteiger partial charge in [0.25, 0.3) is 10.1 Å². The van der Waals surface area contributed by atoms with Crippen LogP contribution >= 0.6 is 0 Å². The minimum Gasteiger partial charge on any atom is -0.348 e. The van der Waals surface area contributed by atoms with Crippen molar-refractivity contribution in [2.75, 3.05) is 13.1 Å². The predicted molar refractivity (Wildman–Crippen MR) is 69.2 cm³/mol. The van der Waals surface area contributed by atoms with Crippen LogP contribution in [0.25, 0.3) is 0 Å². The maximum absolute atomic E-state index is 12.3. The Morgan fingerprint density at radius 1 is 1.53 bits per heavy atom. The van der Waals surface area contributed by atoms with Crippen molar-refractivity contribution in [2.45, 2.75) is 37.5 Å². The van der Waals surface area contributed by atoms with E-state index < -0.39 is 35.1 Å². The first kappa shape index (κ1) is 9.07. The minimum atomic E-state index is -4.59. The molecule has 2 rings (SSSR count). The van der Waals surface area contributed by atoms with Gasteiger partial charge in [-0.1, -0.05) is 17.7 Å². The van der Waals surface area contributed by atoms with E-state index >= 15 is 0 Å². The number of hydrogen-bond donors (Lipinski definition) is 0. The van der Waals surface area contributed by atoms with Crippen LogP contribution in [0.3, 0.4) is 0 Å². The van der Waals surface area contributed by atoms with Gasteiger partial charge in [0, 0.05) is 0 Å². The quantitative estimate of drug-likeness (QED) is 0.792. The molecule has 5 nitrogen and oxygen atoms in total. The number of hydrogen-bond acceptors (Lipinski definition) is 5. The summed E-state index contributed by atoms with van der Waals surface area (Å²) in [6.07, 6.45) is -3.05. The lowest BCUT2D eigenvalue weighted by atomic mass is 10.2. The highest BCUT2D eigenvalue weighted by Crippen LogP contribution is 2.23. The first-order valence-electron chi connectivity index (χ1n) is 8.05. The van der Waals surface area contributed by atoms with Crippen molar-refractivity contribution >= 4 is 10.1 Å². The summed E-state index contributed by atoms with van der Waals surface area (Å²) < 4.78 is 78.1. The molecule has 0 amide bonds. The van der Waals surface area contributed by atoms with Crippen LogP contribution in [-0.4, -0.2) is 33.4 Å². The van der Waals surface area contributed by atoms with Gasteiger partial charge in [-0.25, -0.2) is 0 Å². The van der Waals surface area contributed by atoms with Crippen LogP contribution in [0.2, 0.25) is 0 Å². The van der Waals surface area contributed by atoms with Gasteiger partial charge in [0.05, 0.1) is 24.9 Å². The zero-order chi connectivity index (χ0) is 18.6. The molecule has 0 radical (unpaired) electrons. The molecule has 0 aliphatic carbocycles. The average Bonchev–Trinajstić information content (AvgIpc) is 2.53. The van der Waals surface area contributed by atoms with E-state index in [9.17, 15) is 8.42 Å². The predicted octanol–water partition coefficient (Wildman–Crippen LogP) is 1.85.